The van der Waals surface area contributed by atoms with Crippen LogP contribution in [0.3, 0.4) is 0 Å². The molecule has 1 unspecified atom stereocenters. The van der Waals surface area contributed by atoms with Gasteiger partial charge < -0.3 is 14.2 Å². The molecule has 1 atom stereocenters. The van der Waals surface area contributed by atoms with Crippen molar-refractivity contribution in [2.24, 2.45) is 0 Å². The molecule has 0 radical (unpaired) electrons. The van der Waals surface area contributed by atoms with Crippen LogP contribution in [0.5, 0.6) is 0 Å². The van der Waals surface area contributed by atoms with Crippen molar-refractivity contribution in [3.8, 4) is 0 Å². The molecular formula is C63H112O5. The number of allylic oxidation sites excluding steroid dienone is 12. The number of carbonyl (C=O) groups excluding carboxylic acids is 2. The average molecular weight is 950 g/mol. The zero-order valence-electron chi connectivity index (χ0n) is 45.4. The third kappa shape index (κ3) is 55.9. The number of esters is 2. The summed E-state index contributed by atoms with van der Waals surface area (Å²) in [5, 5.41) is 0. The summed E-state index contributed by atoms with van der Waals surface area (Å²) in [5.41, 5.74) is 0. The largest absolute Gasteiger partial charge is 0.462 e. The van der Waals surface area contributed by atoms with E-state index in [4.69, 9.17) is 14.2 Å². The predicted octanol–water partition coefficient (Wildman–Crippen LogP) is 20.2. The van der Waals surface area contributed by atoms with Crippen LogP contribution in [-0.4, -0.2) is 37.9 Å². The average Bonchev–Trinajstić information content (AvgIpc) is 3.34. The first-order valence-electron chi connectivity index (χ1n) is 29.5. The summed E-state index contributed by atoms with van der Waals surface area (Å²) in [6, 6.07) is 0. The van der Waals surface area contributed by atoms with Crippen LogP contribution in [0.2, 0.25) is 0 Å². The Labute approximate surface area is 423 Å². The first kappa shape index (κ1) is 65.3. The SMILES string of the molecule is CC/C=C\C/C=C\C/C=C\C/C=C\C/C=C\CCCCCC(=O)OCC(COCCCCCCCC/C=C\CCCCCC)OC(=O)CCCCCCCCCCCCCCCCCCCCC. The fraction of sp³-hybridized carbons (Fsp3) is 0.778. The molecule has 68 heavy (non-hydrogen) atoms. The number of rotatable bonds is 54. The molecule has 0 aliphatic rings. The topological polar surface area (TPSA) is 61.8 Å². The van der Waals surface area contributed by atoms with Crippen molar-refractivity contribution in [1.29, 1.82) is 0 Å². The van der Waals surface area contributed by atoms with Gasteiger partial charge in [-0.2, -0.15) is 0 Å². The number of unbranched alkanes of at least 4 members (excludes halogenated alkanes) is 31. The minimum absolute atomic E-state index is 0.0665. The molecule has 0 fully saturated rings. The summed E-state index contributed by atoms with van der Waals surface area (Å²) >= 11 is 0. The van der Waals surface area contributed by atoms with Gasteiger partial charge in [-0.25, -0.2) is 0 Å². The van der Waals surface area contributed by atoms with Crippen LogP contribution in [0, 0.1) is 0 Å². The molecule has 5 heteroatoms. The fourth-order valence-corrected chi connectivity index (χ4v) is 8.36. The van der Waals surface area contributed by atoms with Crippen LogP contribution in [0.1, 0.15) is 290 Å². The van der Waals surface area contributed by atoms with E-state index in [1.165, 1.54) is 173 Å². The molecule has 0 amide bonds. The van der Waals surface area contributed by atoms with Gasteiger partial charge in [-0.1, -0.05) is 261 Å². The summed E-state index contributed by atoms with van der Waals surface area (Å²) in [4.78, 5) is 25.5. The highest BCUT2D eigenvalue weighted by Gasteiger charge is 2.17. The molecule has 0 rings (SSSR count). The lowest BCUT2D eigenvalue weighted by Gasteiger charge is -2.18. The molecule has 0 N–H and O–H groups in total. The molecule has 394 valence electrons. The van der Waals surface area contributed by atoms with E-state index in [-0.39, 0.29) is 25.2 Å². The number of ether oxygens (including phenoxy) is 3. The van der Waals surface area contributed by atoms with Gasteiger partial charge in [-0.05, 0) is 89.9 Å². The highest BCUT2D eigenvalue weighted by Crippen LogP contribution is 2.16. The molecule has 0 saturated heterocycles. The van der Waals surface area contributed by atoms with Gasteiger partial charge in [0.1, 0.15) is 6.61 Å². The van der Waals surface area contributed by atoms with Gasteiger partial charge in [0.05, 0.1) is 6.61 Å². The van der Waals surface area contributed by atoms with Crippen LogP contribution in [-0.2, 0) is 23.8 Å². The summed E-state index contributed by atoms with van der Waals surface area (Å²) in [7, 11) is 0. The van der Waals surface area contributed by atoms with E-state index in [0.29, 0.717) is 19.4 Å². The number of hydrogen-bond donors (Lipinski definition) is 0. The van der Waals surface area contributed by atoms with E-state index in [9.17, 15) is 9.59 Å². The summed E-state index contributed by atoms with van der Waals surface area (Å²) < 4.78 is 17.5. The third-order valence-electron chi connectivity index (χ3n) is 12.7. The lowest BCUT2D eigenvalue weighted by Crippen LogP contribution is -2.30. The molecule has 0 aromatic carbocycles. The molecule has 0 aliphatic carbocycles. The maximum absolute atomic E-state index is 12.9. The Morgan fingerprint density at radius 3 is 1.10 bits per heavy atom. The van der Waals surface area contributed by atoms with Crippen molar-refractivity contribution in [1.82, 2.24) is 0 Å². The lowest BCUT2D eigenvalue weighted by molar-refractivity contribution is -0.163. The van der Waals surface area contributed by atoms with Crippen LogP contribution < -0.4 is 0 Å². The predicted molar refractivity (Wildman–Crippen MR) is 297 cm³/mol. The van der Waals surface area contributed by atoms with Crippen LogP contribution in [0.15, 0.2) is 72.9 Å². The van der Waals surface area contributed by atoms with E-state index >= 15 is 0 Å². The zero-order chi connectivity index (χ0) is 49.2. The van der Waals surface area contributed by atoms with Crippen LogP contribution in [0.25, 0.3) is 0 Å². The first-order valence-corrected chi connectivity index (χ1v) is 29.5. The number of carbonyl (C=O) groups is 2. The second-order valence-electron chi connectivity index (χ2n) is 19.5. The van der Waals surface area contributed by atoms with Crippen molar-refractivity contribution >= 4 is 11.9 Å². The Morgan fingerprint density at radius 2 is 0.662 bits per heavy atom. The third-order valence-corrected chi connectivity index (χ3v) is 12.7. The highest BCUT2D eigenvalue weighted by molar-refractivity contribution is 5.70. The van der Waals surface area contributed by atoms with E-state index in [0.717, 1.165) is 83.5 Å². The maximum atomic E-state index is 12.9. The Balaban J connectivity index is 4.30. The Morgan fingerprint density at radius 1 is 0.338 bits per heavy atom. The molecule has 0 aromatic rings. The van der Waals surface area contributed by atoms with Gasteiger partial charge in [0.15, 0.2) is 6.10 Å². The Bertz CT molecular complexity index is 1210. The summed E-state index contributed by atoms with van der Waals surface area (Å²) in [5.74, 6) is -0.426. The molecule has 0 saturated carbocycles. The van der Waals surface area contributed by atoms with E-state index in [1.807, 2.05) is 0 Å². The minimum Gasteiger partial charge on any atom is -0.462 e. The molecule has 0 heterocycles. The smallest absolute Gasteiger partial charge is 0.306 e. The molecule has 0 bridgehead atoms. The van der Waals surface area contributed by atoms with E-state index in [2.05, 4.69) is 93.7 Å². The van der Waals surface area contributed by atoms with E-state index in [1.54, 1.807) is 0 Å². The standard InChI is InChI=1S/C63H112O5/c1-4-7-10-13-16-19-22-25-28-30-32-34-36-38-41-44-47-50-53-56-62(64)67-60-61(59-66-58-55-52-49-46-43-40-27-24-21-18-15-12-9-6-3)68-63(65)57-54-51-48-45-42-39-37-35-33-31-29-26-23-20-17-14-11-8-5-2/h7,10,16,19,21,24-25,28,32,34,38,41,61H,4-6,8-9,11-15,17-18,20,22-23,26-27,29-31,33,35-37,39-40,42-60H2,1-3H3/b10-7-,19-16-,24-21-,28-25-,34-32-,41-38-. The van der Waals surface area contributed by atoms with Gasteiger partial charge in [-0.15, -0.1) is 0 Å². The van der Waals surface area contributed by atoms with Crippen molar-refractivity contribution in [2.45, 2.75) is 297 Å². The van der Waals surface area contributed by atoms with Crippen molar-refractivity contribution in [3.05, 3.63) is 72.9 Å². The zero-order valence-corrected chi connectivity index (χ0v) is 45.4. The van der Waals surface area contributed by atoms with Crippen molar-refractivity contribution in [2.75, 3.05) is 19.8 Å². The normalized spacial score (nSPS) is 12.7. The van der Waals surface area contributed by atoms with Crippen LogP contribution in [0.4, 0.5) is 0 Å². The van der Waals surface area contributed by atoms with Crippen molar-refractivity contribution in [3.63, 3.8) is 0 Å². The molecule has 0 aromatic heterocycles. The van der Waals surface area contributed by atoms with Gasteiger partial charge in [-0.3, -0.25) is 9.59 Å². The van der Waals surface area contributed by atoms with Gasteiger partial charge >= 0.3 is 11.9 Å². The van der Waals surface area contributed by atoms with Crippen molar-refractivity contribution < 1.29 is 23.8 Å². The molecular weight excluding hydrogens is 837 g/mol. The summed E-state index contributed by atoms with van der Waals surface area (Å²) in [6.07, 6.45) is 76.4. The van der Waals surface area contributed by atoms with Gasteiger partial charge in [0.2, 0.25) is 0 Å². The number of hydrogen-bond acceptors (Lipinski definition) is 5. The van der Waals surface area contributed by atoms with Gasteiger partial charge in [0.25, 0.3) is 0 Å². The first-order chi connectivity index (χ1) is 33.6. The minimum atomic E-state index is -0.554. The second kappa shape index (κ2) is 58.7. The lowest BCUT2D eigenvalue weighted by atomic mass is 10.0. The Hall–Kier alpha value is -2.66. The monoisotopic (exact) mass is 949 g/mol. The van der Waals surface area contributed by atoms with Crippen LogP contribution >= 0.6 is 0 Å². The highest BCUT2D eigenvalue weighted by atomic mass is 16.6. The second-order valence-corrected chi connectivity index (χ2v) is 19.5. The quantitative estimate of drug-likeness (QED) is 0.0345. The van der Waals surface area contributed by atoms with Gasteiger partial charge in [0, 0.05) is 19.4 Å². The molecule has 0 spiro atoms. The molecule has 5 nitrogen and oxygen atoms in total. The molecule has 0 aliphatic heterocycles. The fourth-order valence-electron chi connectivity index (χ4n) is 8.36. The summed E-state index contributed by atoms with van der Waals surface area (Å²) in [6.45, 7) is 7.70. The maximum Gasteiger partial charge on any atom is 0.306 e. The van der Waals surface area contributed by atoms with E-state index < -0.39 is 6.10 Å². The Kier molecular flexibility index (Phi) is 56.4.